The van der Waals surface area contributed by atoms with Crippen LogP contribution in [0.25, 0.3) is 22.3 Å². The molecule has 4 atom stereocenters. The molecule has 0 amide bonds. The molecule has 0 radical (unpaired) electrons. The molecule has 1 saturated heterocycles. The first-order chi connectivity index (χ1) is 19.1. The van der Waals surface area contributed by atoms with Crippen molar-refractivity contribution in [3.05, 3.63) is 33.4 Å². The van der Waals surface area contributed by atoms with Crippen LogP contribution in [0.15, 0.2) is 22.2 Å². The summed E-state index contributed by atoms with van der Waals surface area (Å²) in [4.78, 5) is 37.5. The molecule has 1 aliphatic rings. The summed E-state index contributed by atoms with van der Waals surface area (Å²) >= 11 is 0. The first kappa shape index (κ1) is 30.9. The number of ether oxygens (including phenoxy) is 1. The van der Waals surface area contributed by atoms with Gasteiger partial charge in [-0.25, -0.2) is 9.55 Å². The van der Waals surface area contributed by atoms with Gasteiger partial charge in [0.05, 0.1) is 20.0 Å². The van der Waals surface area contributed by atoms with Gasteiger partial charge in [-0.05, 0) is 0 Å². The second-order valence-electron chi connectivity index (χ2n) is 9.51. The van der Waals surface area contributed by atoms with Crippen LogP contribution in [0, 0.1) is 5.41 Å². The van der Waals surface area contributed by atoms with Gasteiger partial charge in [0.1, 0.15) is 18.3 Å². The monoisotopic (exact) mass is 578 g/mol. The van der Waals surface area contributed by atoms with Crippen LogP contribution >= 0.6 is 0 Å². The fourth-order valence-corrected chi connectivity index (χ4v) is 3.87. The number of rotatable bonds is 2. The fourth-order valence-electron chi connectivity index (χ4n) is 3.87. The molecule has 224 valence electrons. The van der Waals surface area contributed by atoms with E-state index in [-0.39, 0.29) is 40.1 Å². The van der Waals surface area contributed by atoms with Crippen molar-refractivity contribution >= 4 is 40.2 Å². The predicted molar refractivity (Wildman–Crippen MR) is 147 cm³/mol. The number of hydrogen-bond donors (Lipinski definition) is 7. The molecule has 1 fully saturated rings. The van der Waals surface area contributed by atoms with Gasteiger partial charge in [-0.3, -0.25) is 28.7 Å². The molecule has 41 heavy (non-hydrogen) atoms. The Morgan fingerprint density at radius 3 is 2.07 bits per heavy atom. The van der Waals surface area contributed by atoms with Crippen LogP contribution < -0.4 is 32.9 Å². The maximum absolute atomic E-state index is 12.3. The summed E-state index contributed by atoms with van der Waals surface area (Å²) < 4.78 is 12.6. The average Bonchev–Trinajstić information content (AvgIpc) is 3.54. The van der Waals surface area contributed by atoms with Crippen LogP contribution in [-0.4, -0.2) is 98.4 Å². The van der Waals surface area contributed by atoms with E-state index >= 15 is 0 Å². The third kappa shape index (κ3) is 5.82. The van der Waals surface area contributed by atoms with Crippen molar-refractivity contribution in [2.24, 2.45) is 33.9 Å². The second-order valence-corrected chi connectivity index (χ2v) is 9.51. The Hall–Kier alpha value is -4.59. The molecule has 0 unspecified atom stereocenters. The molecule has 19 nitrogen and oxygen atoms in total. The molecule has 0 bridgehead atoms. The van der Waals surface area contributed by atoms with Crippen LogP contribution in [0.2, 0.25) is 0 Å². The number of nitrogens with zero attached hydrogens (tertiary/aromatic N) is 9. The highest BCUT2D eigenvalue weighted by molar-refractivity contribution is 5.73. The van der Waals surface area contributed by atoms with Crippen molar-refractivity contribution in [2.45, 2.75) is 24.5 Å². The fraction of sp³-hybridized carbons (Fsp3) is 0.500. The number of aliphatic hydroxyl groups excluding tert-OH is 3. The lowest BCUT2D eigenvalue weighted by atomic mass is 10.1. The van der Waals surface area contributed by atoms with E-state index in [0.717, 1.165) is 0 Å². The molecule has 1 aliphatic heterocycles. The highest BCUT2D eigenvalue weighted by Gasteiger charge is 2.46. The zero-order valence-electron chi connectivity index (χ0n) is 23.5. The minimum Gasteiger partial charge on any atom is -0.394 e. The number of nitrogens with two attached hydrogens (primary N) is 3. The number of hydrogen-bond acceptors (Lipinski definition) is 12. The number of aliphatic hydroxyl groups is 3. The SMILES string of the molecule is CN(C)C(=N)N.Cn1c(N)nc2c(c1=O)n(C)c[n+]2[C@@H]1O[C@H](CO)[C@@H](O)[C@H]1O.Cn1c(N)nc2ncn(C)c2c1=O. The molecule has 19 heteroatoms. The van der Waals surface area contributed by atoms with Crippen molar-refractivity contribution in [1.29, 1.82) is 5.41 Å². The van der Waals surface area contributed by atoms with E-state index in [0.29, 0.717) is 11.2 Å². The van der Waals surface area contributed by atoms with E-state index in [1.165, 1.54) is 32.0 Å². The van der Waals surface area contributed by atoms with E-state index in [2.05, 4.69) is 15.0 Å². The highest BCUT2D eigenvalue weighted by atomic mass is 16.6. The number of anilines is 2. The molecular formula is C22H36N13O6+. The van der Waals surface area contributed by atoms with Crippen LogP contribution in [0.1, 0.15) is 6.23 Å². The quantitative estimate of drug-likeness (QED) is 0.0671. The minimum atomic E-state index is -1.26. The molecule has 0 saturated carbocycles. The van der Waals surface area contributed by atoms with Crippen molar-refractivity contribution in [3.63, 3.8) is 0 Å². The van der Waals surface area contributed by atoms with Crippen molar-refractivity contribution in [1.82, 2.24) is 38.1 Å². The van der Waals surface area contributed by atoms with Crippen LogP contribution in [0.3, 0.4) is 0 Å². The standard InChI is InChI=1S/C12H17N5O5.C7H9N5O.C3H9N3/c1-15-4-17(11-8(20)7(19)5(3-18)22-11)9-6(15)10(21)16(2)12(13)14-9;1-11-3-9-5-4(11)6(13)12(2)7(8)10-5;1-6(2)3(4)5/h4-5,7-8,11,18-20H,3H2,1-2H3,(H-,13,14,21);3H,1-2H3,(H2,8,10);1-2H3,(H3,4,5)/p+1/t5-,7-,8-,11-;;/m1../s1. The molecule has 5 heterocycles. The van der Waals surface area contributed by atoms with Gasteiger partial charge in [0.2, 0.25) is 17.7 Å². The smallest absolute Gasteiger partial charge is 0.313 e. The number of fused-ring (bicyclic) bond motifs is 2. The van der Waals surface area contributed by atoms with Gasteiger partial charge < -0.3 is 46.7 Å². The van der Waals surface area contributed by atoms with Crippen LogP contribution in [-0.2, 0) is 32.9 Å². The topological polar surface area (TPSA) is 271 Å². The maximum atomic E-state index is 12.3. The number of aromatic nitrogens is 8. The van der Waals surface area contributed by atoms with Crippen molar-refractivity contribution < 1.29 is 24.6 Å². The summed E-state index contributed by atoms with van der Waals surface area (Å²) in [7, 11) is 9.93. The predicted octanol–water partition coefficient (Wildman–Crippen LogP) is -4.56. The highest BCUT2D eigenvalue weighted by Crippen LogP contribution is 2.26. The summed E-state index contributed by atoms with van der Waals surface area (Å²) in [6.45, 7) is -0.433. The van der Waals surface area contributed by atoms with E-state index in [1.807, 2.05) is 0 Å². The summed E-state index contributed by atoms with van der Waals surface area (Å²) in [5.74, 6) is 0.287. The maximum Gasteiger partial charge on any atom is 0.313 e. The summed E-state index contributed by atoms with van der Waals surface area (Å²) in [6, 6.07) is 0. The Kier molecular flexibility index (Phi) is 8.97. The lowest BCUT2D eigenvalue weighted by Crippen LogP contribution is -2.46. The largest absolute Gasteiger partial charge is 0.394 e. The Morgan fingerprint density at radius 1 is 1.02 bits per heavy atom. The third-order valence-corrected chi connectivity index (χ3v) is 6.44. The number of aryl methyl sites for hydroxylation is 2. The number of guanidine groups is 1. The molecule has 0 aliphatic carbocycles. The number of nitrogen functional groups attached to an aromatic ring is 2. The summed E-state index contributed by atoms with van der Waals surface area (Å²) in [5, 5.41) is 35.8. The summed E-state index contributed by atoms with van der Waals surface area (Å²) in [6.07, 6.45) is -1.32. The first-order valence-electron chi connectivity index (χ1n) is 12.1. The van der Waals surface area contributed by atoms with Gasteiger partial charge in [0.15, 0.2) is 23.5 Å². The van der Waals surface area contributed by atoms with E-state index in [9.17, 15) is 19.8 Å². The molecule has 0 spiro atoms. The Bertz CT molecular complexity index is 1690. The number of nitrogens with one attached hydrogen (secondary N) is 1. The van der Waals surface area contributed by atoms with Crippen molar-refractivity contribution in [3.8, 4) is 0 Å². The summed E-state index contributed by atoms with van der Waals surface area (Å²) in [5.41, 5.74) is 17.0. The first-order valence-corrected chi connectivity index (χ1v) is 12.1. The van der Waals surface area contributed by atoms with Crippen LogP contribution in [0.4, 0.5) is 11.9 Å². The van der Waals surface area contributed by atoms with Gasteiger partial charge >= 0.3 is 11.2 Å². The van der Waals surface area contributed by atoms with Gasteiger partial charge in [0.25, 0.3) is 11.5 Å². The average molecular weight is 579 g/mol. The Labute approximate surface area is 232 Å². The zero-order chi connectivity index (χ0) is 30.9. The van der Waals surface area contributed by atoms with Crippen molar-refractivity contribution in [2.75, 3.05) is 32.2 Å². The molecule has 4 aromatic heterocycles. The van der Waals surface area contributed by atoms with Crippen LogP contribution in [0.5, 0.6) is 0 Å². The Morgan fingerprint density at radius 2 is 1.56 bits per heavy atom. The van der Waals surface area contributed by atoms with Gasteiger partial charge in [0, 0.05) is 35.2 Å². The zero-order valence-corrected chi connectivity index (χ0v) is 23.5. The van der Waals surface area contributed by atoms with Gasteiger partial charge in [-0.2, -0.15) is 4.98 Å². The molecule has 10 N–H and O–H groups in total. The van der Waals surface area contributed by atoms with E-state index < -0.39 is 31.1 Å². The molecule has 4 aromatic rings. The second kappa shape index (κ2) is 11.9. The third-order valence-electron chi connectivity index (χ3n) is 6.44. The number of imidazole rings is 2. The lowest BCUT2D eigenvalue weighted by Gasteiger charge is -2.12. The Balaban J connectivity index is 0.000000205. The minimum absolute atomic E-state index is 0.0178. The van der Waals surface area contributed by atoms with E-state index in [4.69, 9.17) is 32.5 Å². The molecule has 0 aromatic carbocycles. The lowest BCUT2D eigenvalue weighted by molar-refractivity contribution is -0.745. The molecule has 5 rings (SSSR count). The van der Waals surface area contributed by atoms with E-state index in [1.54, 1.807) is 50.7 Å². The normalized spacial score (nSPS) is 19.9. The van der Waals surface area contributed by atoms with Gasteiger partial charge in [-0.1, -0.05) is 4.98 Å². The molecular weight excluding hydrogens is 542 g/mol. The van der Waals surface area contributed by atoms with Gasteiger partial charge in [-0.15, -0.1) is 0 Å².